The molecule has 31 heavy (non-hydrogen) atoms. The van der Waals surface area contributed by atoms with E-state index >= 15 is 0 Å². The van der Waals surface area contributed by atoms with E-state index in [1.807, 2.05) is 24.4 Å². The van der Waals surface area contributed by atoms with Crippen molar-refractivity contribution in [2.45, 2.75) is 46.1 Å². The number of aryl methyl sites for hydroxylation is 1. The molecule has 0 spiro atoms. The summed E-state index contributed by atoms with van der Waals surface area (Å²) in [6, 6.07) is 11.3. The van der Waals surface area contributed by atoms with Crippen LogP contribution in [0, 0.1) is 0 Å². The Balaban J connectivity index is 1.83. The maximum Gasteiger partial charge on any atom is 0.371 e. The average molecular weight is 437 g/mol. The monoisotopic (exact) mass is 436 g/mol. The van der Waals surface area contributed by atoms with Gasteiger partial charge in [-0.2, -0.15) is 0 Å². The predicted octanol–water partition coefficient (Wildman–Crippen LogP) is 5.54. The van der Waals surface area contributed by atoms with Crippen LogP contribution in [0.5, 0.6) is 0 Å². The number of rotatable bonds is 7. The van der Waals surface area contributed by atoms with Crippen molar-refractivity contribution in [1.29, 1.82) is 0 Å². The highest BCUT2D eigenvalue weighted by Gasteiger charge is 2.18. The third kappa shape index (κ3) is 4.05. The van der Waals surface area contributed by atoms with Crippen LogP contribution in [0.1, 0.15) is 60.8 Å². The molecule has 7 heteroatoms. The summed E-state index contributed by atoms with van der Waals surface area (Å²) in [6.45, 7) is 6.48. The van der Waals surface area contributed by atoms with Gasteiger partial charge < -0.3 is 9.52 Å². The molecule has 3 aromatic heterocycles. The summed E-state index contributed by atoms with van der Waals surface area (Å²) in [4.78, 5) is 30.2. The van der Waals surface area contributed by atoms with E-state index in [9.17, 15) is 9.59 Å². The summed E-state index contributed by atoms with van der Waals surface area (Å²) in [6.07, 6.45) is 1.49. The Morgan fingerprint density at radius 1 is 1.19 bits per heavy atom. The fraction of sp³-hybridized carbons (Fsp3) is 0.292. The summed E-state index contributed by atoms with van der Waals surface area (Å²) >= 11 is 1.47. The molecule has 1 N–H and O–H groups in total. The third-order valence-electron chi connectivity index (χ3n) is 5.32. The van der Waals surface area contributed by atoms with Gasteiger partial charge in [0.05, 0.1) is 11.9 Å². The largest absolute Gasteiger partial charge is 0.475 e. The summed E-state index contributed by atoms with van der Waals surface area (Å²) in [5.74, 6) is 0.252. The zero-order valence-corrected chi connectivity index (χ0v) is 18.5. The predicted molar refractivity (Wildman–Crippen MR) is 122 cm³/mol. The fourth-order valence-electron chi connectivity index (χ4n) is 3.64. The number of furan rings is 1. The minimum Gasteiger partial charge on any atom is -0.475 e. The lowest BCUT2D eigenvalue weighted by Crippen LogP contribution is -2.25. The van der Waals surface area contributed by atoms with Gasteiger partial charge in [0, 0.05) is 17.4 Å². The van der Waals surface area contributed by atoms with Crippen LogP contribution in [-0.4, -0.2) is 20.6 Å². The van der Waals surface area contributed by atoms with Gasteiger partial charge in [-0.05, 0) is 35.6 Å². The van der Waals surface area contributed by atoms with Gasteiger partial charge in [0.25, 0.3) is 5.56 Å². The molecule has 4 aromatic rings. The van der Waals surface area contributed by atoms with Crippen molar-refractivity contribution in [2.75, 3.05) is 0 Å². The first-order valence-corrected chi connectivity index (χ1v) is 11.2. The smallest absolute Gasteiger partial charge is 0.371 e. The maximum absolute atomic E-state index is 13.6. The Kier molecular flexibility index (Phi) is 5.78. The van der Waals surface area contributed by atoms with Crippen molar-refractivity contribution in [3.05, 3.63) is 75.0 Å². The number of hydrogen-bond donors (Lipinski definition) is 1. The Morgan fingerprint density at radius 2 is 1.94 bits per heavy atom. The Labute approximate surface area is 183 Å². The van der Waals surface area contributed by atoms with Gasteiger partial charge in [0.2, 0.25) is 5.76 Å². The second-order valence-corrected chi connectivity index (χ2v) is 8.70. The summed E-state index contributed by atoms with van der Waals surface area (Å²) in [7, 11) is 0. The first-order valence-electron chi connectivity index (χ1n) is 10.3. The number of thiophene rings is 1. The minimum atomic E-state index is -1.13. The molecule has 0 saturated carbocycles. The highest BCUT2D eigenvalue weighted by molar-refractivity contribution is 7.17. The van der Waals surface area contributed by atoms with Crippen LogP contribution in [0.25, 0.3) is 21.3 Å². The van der Waals surface area contributed by atoms with Crippen molar-refractivity contribution in [3.8, 4) is 11.1 Å². The number of nitrogens with zero attached hydrogens (tertiary/aromatic N) is 2. The second-order valence-electron chi connectivity index (χ2n) is 7.85. The van der Waals surface area contributed by atoms with E-state index in [-0.39, 0.29) is 17.9 Å². The highest BCUT2D eigenvalue weighted by Crippen LogP contribution is 2.32. The number of benzene rings is 1. The van der Waals surface area contributed by atoms with Gasteiger partial charge in [0.1, 0.15) is 16.4 Å². The average Bonchev–Trinajstić information content (AvgIpc) is 3.38. The number of carboxylic acids is 1. The molecule has 6 nitrogen and oxygen atoms in total. The van der Waals surface area contributed by atoms with Gasteiger partial charge in [-0.25, -0.2) is 9.78 Å². The lowest BCUT2D eigenvalue weighted by atomic mass is 9.99. The molecule has 0 unspecified atom stereocenters. The molecule has 1 aromatic carbocycles. The molecule has 0 bridgehead atoms. The van der Waals surface area contributed by atoms with Crippen molar-refractivity contribution in [3.63, 3.8) is 0 Å². The molecule has 0 aliphatic carbocycles. The molecule has 160 valence electrons. The highest BCUT2D eigenvalue weighted by atomic mass is 32.1. The van der Waals surface area contributed by atoms with E-state index in [0.29, 0.717) is 29.3 Å². The van der Waals surface area contributed by atoms with Gasteiger partial charge in [-0.1, -0.05) is 45.0 Å². The van der Waals surface area contributed by atoms with Crippen molar-refractivity contribution >= 4 is 27.5 Å². The lowest BCUT2D eigenvalue weighted by Gasteiger charge is -2.11. The Morgan fingerprint density at radius 3 is 2.55 bits per heavy atom. The molecule has 4 rings (SSSR count). The molecule has 0 aliphatic rings. The number of carboxylic acid groups (broad SMARTS) is 1. The van der Waals surface area contributed by atoms with E-state index in [2.05, 4.69) is 26.0 Å². The zero-order chi connectivity index (χ0) is 22.1. The lowest BCUT2D eigenvalue weighted by molar-refractivity contribution is 0.0660. The van der Waals surface area contributed by atoms with Crippen molar-refractivity contribution in [1.82, 2.24) is 9.55 Å². The van der Waals surface area contributed by atoms with Crippen molar-refractivity contribution < 1.29 is 14.3 Å². The molecular weight excluding hydrogens is 412 g/mol. The molecule has 0 radical (unpaired) electrons. The molecule has 0 atom stereocenters. The normalized spacial score (nSPS) is 11.5. The minimum absolute atomic E-state index is 0.133. The van der Waals surface area contributed by atoms with Gasteiger partial charge in [0.15, 0.2) is 0 Å². The van der Waals surface area contributed by atoms with Crippen LogP contribution in [0.3, 0.4) is 0 Å². The van der Waals surface area contributed by atoms with E-state index in [1.165, 1.54) is 23.0 Å². The Hall–Kier alpha value is -3.19. The van der Waals surface area contributed by atoms with Gasteiger partial charge in [-0.15, -0.1) is 11.3 Å². The van der Waals surface area contributed by atoms with E-state index in [4.69, 9.17) is 14.5 Å². The third-order valence-corrected chi connectivity index (χ3v) is 6.19. The molecule has 0 amide bonds. The summed E-state index contributed by atoms with van der Waals surface area (Å²) in [5.41, 5.74) is 2.97. The molecule has 0 fully saturated rings. The molecular formula is C24H24N2O4S. The van der Waals surface area contributed by atoms with Gasteiger partial charge >= 0.3 is 5.97 Å². The standard InChI is InChI=1S/C24H24N2O4S/c1-4-5-20-25-22-21(18(13-31-22)16-8-6-15(7-9-16)14(2)3)23(27)26(20)12-17-10-11-19(30-17)24(28)29/h6-11,13-14H,4-5,12H2,1-3H3,(H,28,29). The molecule has 3 heterocycles. The first kappa shape index (κ1) is 21.1. The van der Waals surface area contributed by atoms with Gasteiger partial charge in [-0.3, -0.25) is 9.36 Å². The Bertz CT molecular complexity index is 1300. The second kappa shape index (κ2) is 8.51. The van der Waals surface area contributed by atoms with Crippen LogP contribution in [-0.2, 0) is 13.0 Å². The molecule has 0 aliphatic heterocycles. The van der Waals surface area contributed by atoms with Crippen LogP contribution in [0.2, 0.25) is 0 Å². The summed E-state index contributed by atoms with van der Waals surface area (Å²) < 4.78 is 7.00. The summed E-state index contributed by atoms with van der Waals surface area (Å²) in [5, 5.41) is 11.7. The van der Waals surface area contributed by atoms with E-state index in [1.54, 1.807) is 10.6 Å². The zero-order valence-electron chi connectivity index (χ0n) is 17.7. The van der Waals surface area contributed by atoms with Crippen LogP contribution in [0.4, 0.5) is 0 Å². The topological polar surface area (TPSA) is 85.3 Å². The fourth-order valence-corrected chi connectivity index (χ4v) is 4.59. The number of fused-ring (bicyclic) bond motifs is 1. The molecule has 0 saturated heterocycles. The SMILES string of the molecule is CCCc1nc2scc(-c3ccc(C(C)C)cc3)c2c(=O)n1Cc1ccc(C(=O)O)o1. The number of hydrogen-bond acceptors (Lipinski definition) is 5. The first-order chi connectivity index (χ1) is 14.9. The number of aromatic carboxylic acids is 1. The van der Waals surface area contributed by atoms with E-state index in [0.717, 1.165) is 22.4 Å². The quantitative estimate of drug-likeness (QED) is 0.411. The van der Waals surface area contributed by atoms with Crippen molar-refractivity contribution in [2.24, 2.45) is 0 Å². The van der Waals surface area contributed by atoms with Crippen LogP contribution >= 0.6 is 11.3 Å². The van der Waals surface area contributed by atoms with Crippen LogP contribution in [0.15, 0.2) is 51.0 Å². The maximum atomic E-state index is 13.6. The number of carbonyl (C=O) groups is 1. The van der Waals surface area contributed by atoms with E-state index < -0.39 is 5.97 Å². The number of aromatic nitrogens is 2. The van der Waals surface area contributed by atoms with Crippen LogP contribution < -0.4 is 5.56 Å².